The predicted molar refractivity (Wildman–Crippen MR) is 104 cm³/mol. The highest BCUT2D eigenvalue weighted by atomic mass is 16.7. The van der Waals surface area contributed by atoms with Gasteiger partial charge in [-0.25, -0.2) is 4.79 Å². The van der Waals surface area contributed by atoms with Crippen LogP contribution in [0.4, 0.5) is 0 Å². The molecule has 2 heterocycles. The second-order valence-corrected chi connectivity index (χ2v) is 8.21. The largest absolute Gasteiger partial charge is 0.479 e. The van der Waals surface area contributed by atoms with Crippen LogP contribution in [-0.4, -0.2) is 173 Å². The minimum absolute atomic E-state index is 0.637. The Bertz CT molecular complexity index is 665. The van der Waals surface area contributed by atoms with Crippen LogP contribution in [-0.2, 0) is 23.7 Å². The molecular weight excluding hydrogens is 488 g/mol. The van der Waals surface area contributed by atoms with Gasteiger partial charge in [0.1, 0.15) is 67.1 Å². The first kappa shape index (κ1) is 30.1. The minimum atomic E-state index is -2.42. The minimum Gasteiger partial charge on any atom is -0.479 e. The molecule has 2 saturated heterocycles. The second kappa shape index (κ2) is 12.9. The molecule has 17 heteroatoms. The van der Waals surface area contributed by atoms with Crippen molar-refractivity contribution in [3.05, 3.63) is 0 Å². The first-order valence-electron chi connectivity index (χ1n) is 10.5. The van der Waals surface area contributed by atoms with Crippen LogP contribution in [0.3, 0.4) is 0 Å². The van der Waals surface area contributed by atoms with E-state index in [0.29, 0.717) is 0 Å². The summed E-state index contributed by atoms with van der Waals surface area (Å²) in [5.74, 6) is -1.87. The molecule has 0 spiro atoms. The van der Waals surface area contributed by atoms with Crippen LogP contribution in [0.15, 0.2) is 0 Å². The third-order valence-corrected chi connectivity index (χ3v) is 5.69. The molecular formula is C18H32O17. The molecule has 0 saturated carbocycles. The lowest BCUT2D eigenvalue weighted by atomic mass is 9.98. The number of ether oxygens (including phenoxy) is 4. The molecule has 35 heavy (non-hydrogen) atoms. The number of carboxylic acids is 1. The van der Waals surface area contributed by atoms with Gasteiger partial charge in [-0.2, -0.15) is 0 Å². The average Bonchev–Trinajstić information content (AvgIpc) is 2.84. The lowest BCUT2D eigenvalue weighted by molar-refractivity contribution is -0.333. The van der Waals surface area contributed by atoms with Crippen molar-refractivity contribution in [3.63, 3.8) is 0 Å². The summed E-state index contributed by atoms with van der Waals surface area (Å²) in [6.45, 7) is -2.25. The third-order valence-electron chi connectivity index (χ3n) is 5.69. The first-order valence-corrected chi connectivity index (χ1v) is 10.5. The number of hydrogen-bond acceptors (Lipinski definition) is 16. The normalized spacial score (nSPS) is 41.7. The SMILES string of the molecule is O=C(O)[C@H](O)[C@@H](O)[C@H](O)[C@H](O)CO[C@H]1O[C@H](CO[C@H]2O[C@H](CO)[C@H](O)[C@H](O)[C@H]2O)[C@H](O)[C@H](O)[C@H]1O. The highest BCUT2D eigenvalue weighted by Gasteiger charge is 2.47. The zero-order valence-electron chi connectivity index (χ0n) is 18.1. The molecule has 0 amide bonds. The lowest BCUT2D eigenvalue weighted by Gasteiger charge is -2.42. The average molecular weight is 520 g/mol. The van der Waals surface area contributed by atoms with Gasteiger partial charge in [-0.3, -0.25) is 0 Å². The molecule has 0 aromatic carbocycles. The number of rotatable bonds is 11. The van der Waals surface area contributed by atoms with E-state index in [1.807, 2.05) is 0 Å². The van der Waals surface area contributed by atoms with Crippen molar-refractivity contribution in [3.8, 4) is 0 Å². The van der Waals surface area contributed by atoms with Crippen molar-refractivity contribution in [2.45, 2.75) is 85.8 Å². The molecule has 17 nitrogen and oxygen atoms in total. The van der Waals surface area contributed by atoms with E-state index in [1.165, 1.54) is 0 Å². The summed E-state index contributed by atoms with van der Waals surface area (Å²) < 4.78 is 20.7. The Balaban J connectivity index is 1.96. The molecule has 2 rings (SSSR count). The van der Waals surface area contributed by atoms with E-state index in [1.54, 1.807) is 0 Å². The van der Waals surface area contributed by atoms with E-state index in [9.17, 15) is 61.0 Å². The van der Waals surface area contributed by atoms with Gasteiger partial charge in [0.05, 0.1) is 19.8 Å². The van der Waals surface area contributed by atoms with Gasteiger partial charge >= 0.3 is 5.97 Å². The molecule has 206 valence electrons. The van der Waals surface area contributed by atoms with E-state index in [0.717, 1.165) is 0 Å². The Kier molecular flexibility index (Phi) is 11.1. The summed E-state index contributed by atoms with van der Waals surface area (Å²) in [5, 5.41) is 116. The van der Waals surface area contributed by atoms with E-state index < -0.39 is 112 Å². The Morgan fingerprint density at radius 2 is 1.20 bits per heavy atom. The van der Waals surface area contributed by atoms with Crippen molar-refractivity contribution >= 4 is 5.97 Å². The van der Waals surface area contributed by atoms with E-state index in [-0.39, 0.29) is 0 Å². The number of aliphatic hydroxyl groups is 11. The van der Waals surface area contributed by atoms with Crippen LogP contribution in [0.5, 0.6) is 0 Å². The molecule has 2 aliphatic heterocycles. The topological polar surface area (TPSA) is 297 Å². The van der Waals surface area contributed by atoms with Crippen LogP contribution in [0, 0.1) is 0 Å². The van der Waals surface area contributed by atoms with Crippen LogP contribution in [0.25, 0.3) is 0 Å². The van der Waals surface area contributed by atoms with Gasteiger partial charge < -0.3 is 80.2 Å². The third kappa shape index (κ3) is 7.01. The van der Waals surface area contributed by atoms with Crippen LogP contribution in [0.1, 0.15) is 0 Å². The van der Waals surface area contributed by atoms with Gasteiger partial charge in [-0.05, 0) is 0 Å². The molecule has 14 atom stereocenters. The molecule has 0 aromatic rings. The molecule has 2 fully saturated rings. The van der Waals surface area contributed by atoms with Crippen LogP contribution < -0.4 is 0 Å². The van der Waals surface area contributed by atoms with Gasteiger partial charge in [0.2, 0.25) is 0 Å². The van der Waals surface area contributed by atoms with Crippen molar-refractivity contribution in [1.82, 2.24) is 0 Å². The van der Waals surface area contributed by atoms with Gasteiger partial charge in [-0.15, -0.1) is 0 Å². The summed E-state index contributed by atoms with van der Waals surface area (Å²) in [6, 6.07) is 0. The molecule has 2 aliphatic rings. The van der Waals surface area contributed by atoms with Crippen molar-refractivity contribution in [1.29, 1.82) is 0 Å². The quantitative estimate of drug-likeness (QED) is 0.120. The molecule has 0 radical (unpaired) electrons. The Morgan fingerprint density at radius 3 is 1.71 bits per heavy atom. The zero-order valence-corrected chi connectivity index (χ0v) is 18.1. The molecule has 0 unspecified atom stereocenters. The first-order chi connectivity index (χ1) is 16.3. The summed E-state index contributed by atoms with van der Waals surface area (Å²) in [4.78, 5) is 10.7. The number of carboxylic acid groups (broad SMARTS) is 1. The van der Waals surface area contributed by atoms with Gasteiger partial charge in [0, 0.05) is 0 Å². The van der Waals surface area contributed by atoms with Gasteiger partial charge in [0.15, 0.2) is 18.7 Å². The standard InChI is InChI=1S/C18H32O17/c19-1-5-8(22)11(25)14(28)18(34-5)33-3-6-9(23)12(26)15(29)17(35-6)32-2-4(20)7(21)10(24)13(27)16(30)31/h4-15,17-29H,1-3H2,(H,30,31)/t4-,5-,6-,7-,8+,9+,10+,11+,12+,13-,14-,15-,17+,18+/m1/s1. The number of aliphatic carboxylic acids is 1. The molecule has 0 aromatic heterocycles. The van der Waals surface area contributed by atoms with Gasteiger partial charge in [0.25, 0.3) is 0 Å². The highest BCUT2D eigenvalue weighted by molar-refractivity contribution is 5.72. The fourth-order valence-electron chi connectivity index (χ4n) is 3.44. The maximum Gasteiger partial charge on any atom is 0.335 e. The maximum absolute atomic E-state index is 10.7. The van der Waals surface area contributed by atoms with Crippen LogP contribution in [0.2, 0.25) is 0 Å². The predicted octanol–water partition coefficient (Wildman–Crippen LogP) is -7.84. The fraction of sp³-hybridized carbons (Fsp3) is 0.944. The molecule has 0 aliphatic carbocycles. The molecule has 12 N–H and O–H groups in total. The monoisotopic (exact) mass is 520 g/mol. The maximum atomic E-state index is 10.7. The Morgan fingerprint density at radius 1 is 0.714 bits per heavy atom. The number of carbonyl (C=O) groups is 1. The molecule has 0 bridgehead atoms. The second-order valence-electron chi connectivity index (χ2n) is 8.21. The fourth-order valence-corrected chi connectivity index (χ4v) is 3.44. The zero-order chi connectivity index (χ0) is 26.6. The summed E-state index contributed by atoms with van der Waals surface area (Å²) in [6.07, 6.45) is -25.6. The summed E-state index contributed by atoms with van der Waals surface area (Å²) >= 11 is 0. The smallest absolute Gasteiger partial charge is 0.335 e. The number of aliphatic hydroxyl groups excluding tert-OH is 11. The van der Waals surface area contributed by atoms with Crippen LogP contribution >= 0.6 is 0 Å². The highest BCUT2D eigenvalue weighted by Crippen LogP contribution is 2.26. The van der Waals surface area contributed by atoms with Crippen molar-refractivity contribution < 1.29 is 85.0 Å². The van der Waals surface area contributed by atoms with E-state index in [2.05, 4.69) is 0 Å². The lowest BCUT2D eigenvalue weighted by Crippen LogP contribution is -2.62. The Hall–Kier alpha value is -1.13. The summed E-state index contributed by atoms with van der Waals surface area (Å²) in [7, 11) is 0. The van der Waals surface area contributed by atoms with E-state index in [4.69, 9.17) is 24.1 Å². The number of hydrogen-bond donors (Lipinski definition) is 12. The van der Waals surface area contributed by atoms with Crippen molar-refractivity contribution in [2.75, 3.05) is 19.8 Å². The van der Waals surface area contributed by atoms with Gasteiger partial charge in [-0.1, -0.05) is 0 Å². The Labute approximate surface area is 197 Å². The summed E-state index contributed by atoms with van der Waals surface area (Å²) in [5.41, 5.74) is 0. The van der Waals surface area contributed by atoms with E-state index >= 15 is 0 Å². The van der Waals surface area contributed by atoms with Crippen molar-refractivity contribution in [2.24, 2.45) is 0 Å².